The molecule has 1 N–H and O–H groups in total. The Labute approximate surface area is 204 Å². The molecule has 0 bridgehead atoms. The number of carbonyl (C=O) groups is 3. The number of hydrogen-bond donors (Lipinski definition) is 1. The number of amides is 2. The molecule has 4 rings (SSSR count). The predicted molar refractivity (Wildman–Crippen MR) is 133 cm³/mol. The first-order valence-corrected chi connectivity index (χ1v) is 11.5. The van der Waals surface area contributed by atoms with Gasteiger partial charge in [0.1, 0.15) is 0 Å². The van der Waals surface area contributed by atoms with E-state index in [1.807, 2.05) is 43.3 Å². The van der Waals surface area contributed by atoms with Crippen molar-refractivity contribution in [1.82, 2.24) is 4.90 Å². The fourth-order valence-electron chi connectivity index (χ4n) is 4.28. The molecule has 35 heavy (non-hydrogen) atoms. The van der Waals surface area contributed by atoms with Crippen molar-refractivity contribution >= 4 is 23.3 Å². The van der Waals surface area contributed by atoms with Gasteiger partial charge in [-0.25, -0.2) is 0 Å². The quantitative estimate of drug-likeness (QED) is 0.442. The van der Waals surface area contributed by atoms with Gasteiger partial charge in [0.2, 0.25) is 5.91 Å². The van der Waals surface area contributed by atoms with Crippen LogP contribution in [0, 0.1) is 0 Å². The van der Waals surface area contributed by atoms with Gasteiger partial charge in [-0.15, -0.1) is 0 Å². The van der Waals surface area contributed by atoms with Crippen molar-refractivity contribution in [2.45, 2.75) is 32.9 Å². The molecule has 180 valence electrons. The zero-order valence-electron chi connectivity index (χ0n) is 20.0. The van der Waals surface area contributed by atoms with Gasteiger partial charge in [-0.2, -0.15) is 0 Å². The van der Waals surface area contributed by atoms with E-state index in [1.165, 1.54) is 6.92 Å². The molecule has 0 spiro atoms. The Bertz CT molecular complexity index is 1250. The summed E-state index contributed by atoms with van der Waals surface area (Å²) < 4.78 is 11.2. The largest absolute Gasteiger partial charge is 0.493 e. The topological polar surface area (TPSA) is 84.9 Å². The molecule has 0 aliphatic carbocycles. The number of ether oxygens (including phenoxy) is 2. The third kappa shape index (κ3) is 5.19. The second-order valence-corrected chi connectivity index (χ2v) is 8.34. The normalized spacial score (nSPS) is 13.2. The van der Waals surface area contributed by atoms with E-state index in [-0.39, 0.29) is 24.0 Å². The van der Waals surface area contributed by atoms with Gasteiger partial charge in [-0.3, -0.25) is 14.4 Å². The summed E-state index contributed by atoms with van der Waals surface area (Å²) >= 11 is 0. The SMILES string of the molecule is CCOc1ccc(C(CC(=O)Nc2ccc(C(C)=O)cc2)N2Cc3ccccc3C2=O)cc1OC. The second-order valence-electron chi connectivity index (χ2n) is 8.34. The van der Waals surface area contributed by atoms with Gasteiger partial charge >= 0.3 is 0 Å². The molecule has 1 heterocycles. The van der Waals surface area contributed by atoms with E-state index in [9.17, 15) is 14.4 Å². The molecule has 0 saturated carbocycles. The van der Waals surface area contributed by atoms with E-state index in [0.29, 0.717) is 41.5 Å². The maximum atomic E-state index is 13.3. The number of fused-ring (bicyclic) bond motifs is 1. The number of benzene rings is 3. The highest BCUT2D eigenvalue weighted by Crippen LogP contribution is 2.37. The van der Waals surface area contributed by atoms with Gasteiger partial charge in [0, 0.05) is 23.4 Å². The molecule has 7 nitrogen and oxygen atoms in total. The van der Waals surface area contributed by atoms with Crippen molar-refractivity contribution in [1.29, 1.82) is 0 Å². The number of anilines is 1. The molecule has 7 heteroatoms. The highest BCUT2D eigenvalue weighted by Gasteiger charge is 2.35. The van der Waals surface area contributed by atoms with Crippen molar-refractivity contribution in [2.24, 2.45) is 0 Å². The lowest BCUT2D eigenvalue weighted by Gasteiger charge is -2.28. The molecular weight excluding hydrogens is 444 g/mol. The Morgan fingerprint density at radius 3 is 2.43 bits per heavy atom. The summed E-state index contributed by atoms with van der Waals surface area (Å²) in [5.74, 6) is 0.737. The average Bonchev–Trinajstić information content (AvgIpc) is 3.19. The van der Waals surface area contributed by atoms with E-state index >= 15 is 0 Å². The van der Waals surface area contributed by atoms with Gasteiger partial charge in [0.15, 0.2) is 17.3 Å². The first kappa shape index (κ1) is 24.0. The molecule has 3 aromatic carbocycles. The van der Waals surface area contributed by atoms with E-state index in [4.69, 9.17) is 9.47 Å². The number of Topliss-reactive ketones (excluding diaryl/α,β-unsaturated/α-hetero) is 1. The lowest BCUT2D eigenvalue weighted by molar-refractivity contribution is -0.117. The Balaban J connectivity index is 1.62. The Hall–Kier alpha value is -4.13. The molecule has 1 atom stereocenters. The van der Waals surface area contributed by atoms with Crippen LogP contribution in [0.4, 0.5) is 5.69 Å². The summed E-state index contributed by atoms with van der Waals surface area (Å²) in [4.78, 5) is 39.6. The van der Waals surface area contributed by atoms with Crippen molar-refractivity contribution in [3.8, 4) is 11.5 Å². The first-order valence-electron chi connectivity index (χ1n) is 11.5. The van der Waals surface area contributed by atoms with Crippen LogP contribution in [0.25, 0.3) is 0 Å². The summed E-state index contributed by atoms with van der Waals surface area (Å²) in [5, 5.41) is 2.88. The van der Waals surface area contributed by atoms with Crippen molar-refractivity contribution in [3.05, 3.63) is 89.0 Å². The smallest absolute Gasteiger partial charge is 0.255 e. The Morgan fingerprint density at radius 1 is 1.03 bits per heavy atom. The van der Waals surface area contributed by atoms with Crippen LogP contribution in [0.15, 0.2) is 66.7 Å². The van der Waals surface area contributed by atoms with Crippen LogP contribution >= 0.6 is 0 Å². The lowest BCUT2D eigenvalue weighted by Crippen LogP contribution is -2.32. The van der Waals surface area contributed by atoms with Crippen LogP contribution < -0.4 is 14.8 Å². The molecule has 2 amide bonds. The molecule has 0 radical (unpaired) electrons. The van der Waals surface area contributed by atoms with Gasteiger partial charge in [0.25, 0.3) is 5.91 Å². The molecule has 0 saturated heterocycles. The van der Waals surface area contributed by atoms with E-state index in [1.54, 1.807) is 42.3 Å². The maximum Gasteiger partial charge on any atom is 0.255 e. The second kappa shape index (κ2) is 10.4. The average molecular weight is 473 g/mol. The predicted octanol–water partition coefficient (Wildman–Crippen LogP) is 5.02. The van der Waals surface area contributed by atoms with Crippen LogP contribution in [0.1, 0.15) is 58.2 Å². The minimum atomic E-state index is -0.518. The monoisotopic (exact) mass is 472 g/mol. The van der Waals surface area contributed by atoms with Crippen LogP contribution in [0.5, 0.6) is 11.5 Å². The zero-order chi connectivity index (χ0) is 24.9. The standard InChI is InChI=1S/C28H28N2O5/c1-4-35-25-14-11-20(15-26(25)34-3)24(30-17-21-7-5-6-8-23(21)28(30)33)16-27(32)29-22-12-9-19(10-13-22)18(2)31/h5-15,24H,4,16-17H2,1-3H3,(H,29,32). The van der Waals surface area contributed by atoms with Gasteiger partial charge in [-0.1, -0.05) is 24.3 Å². The summed E-state index contributed by atoms with van der Waals surface area (Å²) in [6.45, 7) is 4.29. The summed E-state index contributed by atoms with van der Waals surface area (Å²) in [6.07, 6.45) is 0.0469. The number of ketones is 1. The summed E-state index contributed by atoms with van der Waals surface area (Å²) in [5.41, 5.74) is 3.51. The summed E-state index contributed by atoms with van der Waals surface area (Å²) in [6, 6.07) is 19.2. The minimum absolute atomic E-state index is 0.0421. The molecule has 0 aromatic heterocycles. The fourth-order valence-corrected chi connectivity index (χ4v) is 4.28. The minimum Gasteiger partial charge on any atom is -0.493 e. The van der Waals surface area contributed by atoms with Crippen LogP contribution in [-0.4, -0.2) is 36.2 Å². The number of nitrogens with one attached hydrogen (secondary N) is 1. The van der Waals surface area contributed by atoms with Crippen molar-refractivity contribution in [2.75, 3.05) is 19.0 Å². The first-order chi connectivity index (χ1) is 16.9. The van der Waals surface area contributed by atoms with Crippen LogP contribution in [-0.2, 0) is 11.3 Å². The Kier molecular flexibility index (Phi) is 7.15. The molecule has 0 fully saturated rings. The van der Waals surface area contributed by atoms with Gasteiger partial charge in [-0.05, 0) is 67.4 Å². The number of rotatable bonds is 9. The molecule has 3 aromatic rings. The van der Waals surface area contributed by atoms with Crippen LogP contribution in [0.2, 0.25) is 0 Å². The molecular formula is C28H28N2O5. The van der Waals surface area contributed by atoms with Gasteiger partial charge < -0.3 is 19.7 Å². The Morgan fingerprint density at radius 2 is 1.77 bits per heavy atom. The third-order valence-corrected chi connectivity index (χ3v) is 6.05. The number of carbonyl (C=O) groups excluding carboxylic acids is 3. The number of nitrogens with zero attached hydrogens (tertiary/aromatic N) is 1. The van der Waals surface area contributed by atoms with Crippen molar-refractivity contribution in [3.63, 3.8) is 0 Å². The highest BCUT2D eigenvalue weighted by atomic mass is 16.5. The highest BCUT2D eigenvalue weighted by molar-refractivity contribution is 5.99. The van der Waals surface area contributed by atoms with E-state index in [0.717, 1.165) is 11.1 Å². The molecule has 1 aliphatic rings. The van der Waals surface area contributed by atoms with Crippen molar-refractivity contribution < 1.29 is 23.9 Å². The van der Waals surface area contributed by atoms with Gasteiger partial charge in [0.05, 0.1) is 26.2 Å². The third-order valence-electron chi connectivity index (χ3n) is 6.05. The maximum absolute atomic E-state index is 13.3. The lowest BCUT2D eigenvalue weighted by atomic mass is 10.0. The summed E-state index contributed by atoms with van der Waals surface area (Å²) in [7, 11) is 1.56. The molecule has 1 aliphatic heterocycles. The van der Waals surface area contributed by atoms with E-state index in [2.05, 4.69) is 5.32 Å². The zero-order valence-corrected chi connectivity index (χ0v) is 20.0. The number of methoxy groups -OCH3 is 1. The number of hydrogen-bond acceptors (Lipinski definition) is 5. The van der Waals surface area contributed by atoms with E-state index < -0.39 is 6.04 Å². The fraction of sp³-hybridized carbons (Fsp3) is 0.250. The molecule has 1 unspecified atom stereocenters. The van der Waals surface area contributed by atoms with Crippen LogP contribution in [0.3, 0.4) is 0 Å².